The third-order valence-electron chi connectivity index (χ3n) is 9.54. The van der Waals surface area contributed by atoms with Gasteiger partial charge in [-0.2, -0.15) is 0 Å². The number of carbonyl (C=O) groups is 3. The molecular formula is C33H49N9O4. The smallest absolute Gasteiger partial charge is 0.271 e. The Hall–Kier alpha value is -3.81. The van der Waals surface area contributed by atoms with E-state index in [4.69, 9.17) is 10.7 Å². The molecular weight excluding hydrogens is 586 g/mol. The second-order valence-corrected chi connectivity index (χ2v) is 12.8. The third kappa shape index (κ3) is 7.76. The molecule has 0 spiro atoms. The van der Waals surface area contributed by atoms with Gasteiger partial charge in [0.15, 0.2) is 11.5 Å². The van der Waals surface area contributed by atoms with Crippen molar-refractivity contribution in [2.24, 2.45) is 5.73 Å². The van der Waals surface area contributed by atoms with Gasteiger partial charge < -0.3 is 31.3 Å². The van der Waals surface area contributed by atoms with Crippen molar-refractivity contribution in [3.63, 3.8) is 0 Å². The number of hydrogen-bond donors (Lipinski definition) is 4. The van der Waals surface area contributed by atoms with E-state index in [0.29, 0.717) is 48.2 Å². The number of primary amides is 1. The van der Waals surface area contributed by atoms with Crippen LogP contribution in [-0.2, 0) is 16.0 Å². The summed E-state index contributed by atoms with van der Waals surface area (Å²) < 4.78 is 0. The molecule has 250 valence electrons. The molecule has 46 heavy (non-hydrogen) atoms. The number of hydrogen-bond acceptors (Lipinski definition) is 11. The number of rotatable bonds is 9. The van der Waals surface area contributed by atoms with Gasteiger partial charge in [0.25, 0.3) is 5.91 Å². The van der Waals surface area contributed by atoms with Gasteiger partial charge in [0.1, 0.15) is 5.82 Å². The van der Waals surface area contributed by atoms with Gasteiger partial charge >= 0.3 is 0 Å². The predicted octanol–water partition coefficient (Wildman–Crippen LogP) is 2.71. The van der Waals surface area contributed by atoms with E-state index in [9.17, 15) is 19.5 Å². The first-order valence-electron chi connectivity index (χ1n) is 16.6. The van der Waals surface area contributed by atoms with Gasteiger partial charge in [-0.05, 0) is 70.2 Å². The highest BCUT2D eigenvalue weighted by atomic mass is 16.3. The summed E-state index contributed by atoms with van der Waals surface area (Å²) in [5.74, 6) is -0.733. The van der Waals surface area contributed by atoms with Crippen LogP contribution in [0.4, 0.5) is 28.7 Å². The van der Waals surface area contributed by atoms with E-state index in [1.165, 1.54) is 18.7 Å². The molecule has 1 aliphatic carbocycles. The van der Waals surface area contributed by atoms with Crippen molar-refractivity contribution in [3.05, 3.63) is 29.6 Å². The molecule has 2 saturated heterocycles. The number of benzene rings is 1. The SMILES string of the molecule is CCc1nc(C(N)=O)c(Nc2ccc(N3CCC(N4CCN(C)CC4)CC3)c(N(C(C)=O)C(C)=O)c2)nc1N[C@H]1CC[C@H](O)CC1. The van der Waals surface area contributed by atoms with Crippen molar-refractivity contribution in [1.29, 1.82) is 0 Å². The number of aliphatic hydroxyl groups excluding tert-OH is 1. The Balaban J connectivity index is 1.42. The van der Waals surface area contributed by atoms with Crippen molar-refractivity contribution in [1.82, 2.24) is 19.8 Å². The Morgan fingerprint density at radius 1 is 0.935 bits per heavy atom. The average Bonchev–Trinajstić information content (AvgIpc) is 3.02. The number of nitrogens with zero attached hydrogens (tertiary/aromatic N) is 6. The molecule has 3 amide bonds. The molecule has 13 heteroatoms. The fourth-order valence-electron chi connectivity index (χ4n) is 6.91. The van der Waals surface area contributed by atoms with E-state index < -0.39 is 5.91 Å². The van der Waals surface area contributed by atoms with E-state index in [1.54, 1.807) is 6.07 Å². The topological polar surface area (TPSA) is 160 Å². The summed E-state index contributed by atoms with van der Waals surface area (Å²) >= 11 is 0. The standard InChI is InChI=1S/C33H49N9O4/c1-5-27-32(35-23-6-9-26(45)10-7-23)38-33(30(37-27)31(34)46)36-24-8-11-28(29(20-24)42(21(2)43)22(3)44)41-14-12-25(13-15-41)40-18-16-39(4)17-19-40/h8,11,20,23,25-26,45H,5-7,9-10,12-19H2,1-4H3,(H2,34,46)(H2,35,36,38)/t23-,26-. The van der Waals surface area contributed by atoms with Gasteiger partial charge in [0, 0.05) is 70.9 Å². The Labute approximate surface area is 271 Å². The van der Waals surface area contributed by atoms with Crippen molar-refractivity contribution >= 4 is 46.4 Å². The molecule has 1 saturated carbocycles. The highest BCUT2D eigenvalue weighted by Gasteiger charge is 2.30. The van der Waals surface area contributed by atoms with Gasteiger partial charge in [-0.1, -0.05) is 6.92 Å². The third-order valence-corrected chi connectivity index (χ3v) is 9.54. The average molecular weight is 636 g/mol. The van der Waals surface area contributed by atoms with Crippen LogP contribution in [0.3, 0.4) is 0 Å². The summed E-state index contributed by atoms with van der Waals surface area (Å²) in [5, 5.41) is 16.6. The number of anilines is 5. The second-order valence-electron chi connectivity index (χ2n) is 12.8. The molecule has 1 aromatic carbocycles. The van der Waals surface area contributed by atoms with Crippen LogP contribution in [0.5, 0.6) is 0 Å². The second kappa shape index (κ2) is 14.7. The molecule has 13 nitrogen and oxygen atoms in total. The summed E-state index contributed by atoms with van der Waals surface area (Å²) in [5.41, 5.74) is 8.20. The maximum atomic E-state index is 12.8. The minimum atomic E-state index is -0.716. The molecule has 0 unspecified atom stereocenters. The van der Waals surface area contributed by atoms with Gasteiger partial charge in [0.2, 0.25) is 11.8 Å². The summed E-state index contributed by atoms with van der Waals surface area (Å²) in [7, 11) is 2.16. The van der Waals surface area contributed by atoms with Crippen LogP contribution in [0.2, 0.25) is 0 Å². The lowest BCUT2D eigenvalue weighted by molar-refractivity contribution is -0.124. The van der Waals surface area contributed by atoms with Crippen LogP contribution in [-0.4, -0.2) is 107 Å². The van der Waals surface area contributed by atoms with Crippen LogP contribution >= 0.6 is 0 Å². The molecule has 0 bridgehead atoms. The zero-order valence-corrected chi connectivity index (χ0v) is 27.6. The molecule has 5 N–H and O–H groups in total. The molecule has 2 aliphatic heterocycles. The van der Waals surface area contributed by atoms with Crippen LogP contribution in [0.1, 0.15) is 75.5 Å². The van der Waals surface area contributed by atoms with Crippen molar-refractivity contribution in [2.45, 2.75) is 83.9 Å². The number of nitrogens with one attached hydrogen (secondary N) is 2. The number of amides is 3. The number of aliphatic hydroxyl groups is 1. The van der Waals surface area contributed by atoms with Gasteiger partial charge in [-0.25, -0.2) is 14.9 Å². The number of imide groups is 1. The van der Waals surface area contributed by atoms with Crippen LogP contribution in [0.15, 0.2) is 18.2 Å². The minimum absolute atomic E-state index is 0.00747. The lowest BCUT2D eigenvalue weighted by Gasteiger charge is -2.43. The van der Waals surface area contributed by atoms with Gasteiger partial charge in [-0.3, -0.25) is 19.3 Å². The Kier molecular flexibility index (Phi) is 10.7. The highest BCUT2D eigenvalue weighted by Crippen LogP contribution is 2.36. The molecule has 0 atom stereocenters. The maximum Gasteiger partial charge on any atom is 0.271 e. The maximum absolute atomic E-state index is 12.8. The number of aromatic nitrogens is 2. The zero-order chi connectivity index (χ0) is 33.0. The number of piperidine rings is 1. The molecule has 3 fully saturated rings. The molecule has 3 aliphatic rings. The normalized spacial score (nSPS) is 21.5. The lowest BCUT2D eigenvalue weighted by Crippen LogP contribution is -2.52. The van der Waals surface area contributed by atoms with E-state index in [-0.39, 0.29) is 35.5 Å². The molecule has 2 aromatic rings. The van der Waals surface area contributed by atoms with Gasteiger partial charge in [-0.15, -0.1) is 0 Å². The largest absolute Gasteiger partial charge is 0.393 e. The first-order valence-corrected chi connectivity index (χ1v) is 16.6. The zero-order valence-electron chi connectivity index (χ0n) is 27.6. The molecule has 5 rings (SSSR count). The fraction of sp³-hybridized carbons (Fsp3) is 0.606. The number of piperazine rings is 1. The Bertz CT molecular complexity index is 1400. The minimum Gasteiger partial charge on any atom is -0.393 e. The Morgan fingerprint density at radius 2 is 1.59 bits per heavy atom. The molecule has 0 radical (unpaired) electrons. The number of nitrogens with two attached hydrogens (primary N) is 1. The van der Waals surface area contributed by atoms with E-state index in [0.717, 1.165) is 70.6 Å². The van der Waals surface area contributed by atoms with E-state index >= 15 is 0 Å². The highest BCUT2D eigenvalue weighted by molar-refractivity contribution is 6.15. The fourth-order valence-corrected chi connectivity index (χ4v) is 6.91. The van der Waals surface area contributed by atoms with E-state index in [1.807, 2.05) is 19.1 Å². The summed E-state index contributed by atoms with van der Waals surface area (Å²) in [6, 6.07) is 6.17. The first kappa shape index (κ1) is 33.6. The quantitative estimate of drug-likeness (QED) is 0.321. The van der Waals surface area contributed by atoms with E-state index in [2.05, 4.69) is 37.4 Å². The van der Waals surface area contributed by atoms with Crippen molar-refractivity contribution in [3.8, 4) is 0 Å². The van der Waals surface area contributed by atoms with Crippen molar-refractivity contribution < 1.29 is 19.5 Å². The summed E-state index contributed by atoms with van der Waals surface area (Å²) in [6.45, 7) is 10.6. The van der Waals surface area contributed by atoms with Crippen LogP contribution < -0.4 is 26.2 Å². The lowest BCUT2D eigenvalue weighted by atomic mass is 9.93. The van der Waals surface area contributed by atoms with Crippen LogP contribution in [0.25, 0.3) is 0 Å². The summed E-state index contributed by atoms with van der Waals surface area (Å²) in [6.07, 6.45) is 5.29. The molecule has 1 aromatic heterocycles. The number of likely N-dealkylation sites (N-methyl/N-ethyl adjacent to an activating group) is 1. The summed E-state index contributed by atoms with van der Waals surface area (Å²) in [4.78, 5) is 55.8. The molecule has 3 heterocycles. The predicted molar refractivity (Wildman–Crippen MR) is 180 cm³/mol. The first-order chi connectivity index (χ1) is 22.0. The monoisotopic (exact) mass is 635 g/mol. The number of carbonyl (C=O) groups excluding carboxylic acids is 3. The Morgan fingerprint density at radius 3 is 2.17 bits per heavy atom. The van der Waals surface area contributed by atoms with Crippen LogP contribution in [0, 0.1) is 0 Å². The van der Waals surface area contributed by atoms with Crippen molar-refractivity contribution in [2.75, 3.05) is 66.7 Å². The number of aryl methyl sites for hydroxylation is 1. The van der Waals surface area contributed by atoms with Gasteiger partial charge in [0.05, 0.1) is 23.2 Å².